The highest BCUT2D eigenvalue weighted by Gasteiger charge is 2.16. The lowest BCUT2D eigenvalue weighted by Gasteiger charge is -2.11. The molecule has 0 aromatic heterocycles. The Morgan fingerprint density at radius 1 is 1.22 bits per heavy atom. The Morgan fingerprint density at radius 3 is 2.56 bits per heavy atom. The van der Waals surface area contributed by atoms with E-state index in [0.717, 1.165) is 0 Å². The monoisotopic (exact) mass is 246 g/mol. The molecule has 2 aromatic rings. The van der Waals surface area contributed by atoms with Crippen molar-refractivity contribution in [1.29, 1.82) is 0 Å². The summed E-state index contributed by atoms with van der Waals surface area (Å²) in [6, 6.07) is 10.5. The topological polar surface area (TPSA) is 46.5 Å². The van der Waals surface area contributed by atoms with Crippen LogP contribution in [0.2, 0.25) is 0 Å². The van der Waals surface area contributed by atoms with Gasteiger partial charge < -0.3 is 9.84 Å². The van der Waals surface area contributed by atoms with E-state index in [1.165, 1.54) is 31.4 Å². The summed E-state index contributed by atoms with van der Waals surface area (Å²) in [6.45, 7) is 0. The number of carbonyl (C=O) groups is 1. The van der Waals surface area contributed by atoms with Gasteiger partial charge in [-0.3, -0.25) is 0 Å². The predicted molar refractivity (Wildman–Crippen MR) is 65.3 cm³/mol. The maximum absolute atomic E-state index is 13.2. The molecule has 2 aromatic carbocycles. The normalized spacial score (nSPS) is 10.1. The van der Waals surface area contributed by atoms with Crippen LogP contribution in [-0.4, -0.2) is 18.2 Å². The van der Waals surface area contributed by atoms with Gasteiger partial charge in [0.2, 0.25) is 0 Å². The van der Waals surface area contributed by atoms with Crippen LogP contribution < -0.4 is 4.74 Å². The zero-order valence-corrected chi connectivity index (χ0v) is 9.68. The van der Waals surface area contributed by atoms with Crippen LogP contribution in [0.15, 0.2) is 42.5 Å². The molecule has 0 bridgehead atoms. The minimum absolute atomic E-state index is 0.0833. The Kier molecular flexibility index (Phi) is 3.28. The van der Waals surface area contributed by atoms with Crippen LogP contribution in [0.1, 0.15) is 10.4 Å². The van der Waals surface area contributed by atoms with Gasteiger partial charge in [-0.25, -0.2) is 9.18 Å². The minimum Gasteiger partial charge on any atom is -0.496 e. The number of benzene rings is 2. The summed E-state index contributed by atoms with van der Waals surface area (Å²) in [7, 11) is 1.45. The molecule has 3 nitrogen and oxygen atoms in total. The zero-order chi connectivity index (χ0) is 13.1. The van der Waals surface area contributed by atoms with E-state index in [2.05, 4.69) is 0 Å². The van der Waals surface area contributed by atoms with E-state index >= 15 is 0 Å². The Balaban J connectivity index is 2.71. The molecule has 4 heteroatoms. The number of carboxylic acid groups (broad SMARTS) is 1. The summed E-state index contributed by atoms with van der Waals surface area (Å²) in [5.41, 5.74) is 0.941. The minimum atomic E-state index is -1.08. The lowest BCUT2D eigenvalue weighted by Crippen LogP contribution is -2.01. The van der Waals surface area contributed by atoms with Gasteiger partial charge >= 0.3 is 5.97 Å². The number of ether oxygens (including phenoxy) is 1. The van der Waals surface area contributed by atoms with Crippen molar-refractivity contribution in [3.05, 3.63) is 53.8 Å². The summed E-state index contributed by atoms with van der Waals surface area (Å²) >= 11 is 0. The fraction of sp³-hybridized carbons (Fsp3) is 0.0714. The van der Waals surface area contributed by atoms with Crippen LogP contribution in [0.4, 0.5) is 4.39 Å². The summed E-state index contributed by atoms with van der Waals surface area (Å²) in [5.74, 6) is -1.09. The molecule has 0 unspecified atom stereocenters. The van der Waals surface area contributed by atoms with Gasteiger partial charge in [0.05, 0.1) is 12.7 Å². The molecule has 0 amide bonds. The van der Waals surface area contributed by atoms with Gasteiger partial charge in [-0.1, -0.05) is 18.2 Å². The Labute approximate surface area is 103 Å². The van der Waals surface area contributed by atoms with Crippen LogP contribution in [-0.2, 0) is 0 Å². The van der Waals surface area contributed by atoms with Crippen LogP contribution in [0.5, 0.6) is 5.75 Å². The van der Waals surface area contributed by atoms with Gasteiger partial charge in [-0.2, -0.15) is 0 Å². The van der Waals surface area contributed by atoms with Gasteiger partial charge in [0.15, 0.2) is 0 Å². The van der Waals surface area contributed by atoms with Gasteiger partial charge in [0.25, 0.3) is 0 Å². The third-order valence-electron chi connectivity index (χ3n) is 2.59. The zero-order valence-electron chi connectivity index (χ0n) is 9.68. The second kappa shape index (κ2) is 4.87. The molecule has 18 heavy (non-hydrogen) atoms. The SMILES string of the molecule is COc1cccc(C(=O)O)c1-c1cccc(F)c1. The number of halogens is 1. The smallest absolute Gasteiger partial charge is 0.336 e. The molecule has 0 aliphatic rings. The molecule has 0 saturated heterocycles. The molecule has 0 saturated carbocycles. The molecule has 1 N–H and O–H groups in total. The van der Waals surface area contributed by atoms with Crippen molar-refractivity contribution < 1.29 is 19.0 Å². The average Bonchev–Trinajstić information content (AvgIpc) is 2.37. The Hall–Kier alpha value is -2.36. The van der Waals surface area contributed by atoms with Crippen molar-refractivity contribution in [3.63, 3.8) is 0 Å². The molecule has 0 heterocycles. The standard InChI is InChI=1S/C14H11FO3/c1-18-12-7-3-6-11(14(16)17)13(12)9-4-2-5-10(15)8-9/h2-8H,1H3,(H,16,17). The van der Waals surface area contributed by atoms with E-state index in [1.54, 1.807) is 18.2 Å². The first-order valence-electron chi connectivity index (χ1n) is 5.29. The van der Waals surface area contributed by atoms with Gasteiger partial charge in [0, 0.05) is 5.56 Å². The molecule has 0 fully saturated rings. The molecule has 2 rings (SSSR count). The van der Waals surface area contributed by atoms with E-state index in [0.29, 0.717) is 16.9 Å². The second-order valence-electron chi connectivity index (χ2n) is 3.70. The summed E-state index contributed by atoms with van der Waals surface area (Å²) in [6.07, 6.45) is 0. The van der Waals surface area contributed by atoms with Crippen LogP contribution in [0, 0.1) is 5.82 Å². The Bertz CT molecular complexity index is 593. The van der Waals surface area contributed by atoms with E-state index < -0.39 is 11.8 Å². The second-order valence-corrected chi connectivity index (χ2v) is 3.70. The lowest BCUT2D eigenvalue weighted by molar-refractivity contribution is 0.0697. The number of rotatable bonds is 3. The van der Waals surface area contributed by atoms with Crippen LogP contribution in [0.3, 0.4) is 0 Å². The highest BCUT2D eigenvalue weighted by atomic mass is 19.1. The molecule has 92 valence electrons. The first-order valence-corrected chi connectivity index (χ1v) is 5.29. The first-order chi connectivity index (χ1) is 8.63. The number of aromatic carboxylic acids is 1. The third kappa shape index (κ3) is 2.18. The van der Waals surface area contributed by atoms with Crippen molar-refractivity contribution in [2.24, 2.45) is 0 Å². The van der Waals surface area contributed by atoms with Crippen molar-refractivity contribution in [2.75, 3.05) is 7.11 Å². The predicted octanol–water partition coefficient (Wildman–Crippen LogP) is 3.20. The van der Waals surface area contributed by atoms with Gasteiger partial charge in [0.1, 0.15) is 11.6 Å². The first kappa shape index (κ1) is 12.1. The number of hydrogen-bond acceptors (Lipinski definition) is 2. The van der Waals surface area contributed by atoms with Crippen LogP contribution >= 0.6 is 0 Å². The molecular weight excluding hydrogens is 235 g/mol. The van der Waals surface area contributed by atoms with E-state index in [1.807, 2.05) is 0 Å². The van der Waals surface area contributed by atoms with Crippen molar-refractivity contribution in [2.45, 2.75) is 0 Å². The average molecular weight is 246 g/mol. The maximum Gasteiger partial charge on any atom is 0.336 e. The molecule has 0 aliphatic carbocycles. The molecule has 0 atom stereocenters. The quantitative estimate of drug-likeness (QED) is 0.904. The van der Waals surface area contributed by atoms with Gasteiger partial charge in [-0.15, -0.1) is 0 Å². The number of carboxylic acids is 1. The third-order valence-corrected chi connectivity index (χ3v) is 2.59. The summed E-state index contributed by atoms with van der Waals surface area (Å²) < 4.78 is 18.4. The highest BCUT2D eigenvalue weighted by molar-refractivity contribution is 5.98. The van der Waals surface area contributed by atoms with E-state index in [4.69, 9.17) is 9.84 Å². The van der Waals surface area contributed by atoms with Crippen molar-refractivity contribution in [1.82, 2.24) is 0 Å². The number of methoxy groups -OCH3 is 1. The van der Waals surface area contributed by atoms with E-state index in [9.17, 15) is 9.18 Å². The number of hydrogen-bond donors (Lipinski definition) is 1. The fourth-order valence-electron chi connectivity index (χ4n) is 1.82. The molecule has 0 aliphatic heterocycles. The van der Waals surface area contributed by atoms with E-state index in [-0.39, 0.29) is 5.56 Å². The van der Waals surface area contributed by atoms with Crippen molar-refractivity contribution >= 4 is 5.97 Å². The lowest BCUT2D eigenvalue weighted by atomic mass is 9.98. The van der Waals surface area contributed by atoms with Gasteiger partial charge in [-0.05, 0) is 29.8 Å². The Morgan fingerprint density at radius 2 is 1.94 bits per heavy atom. The van der Waals surface area contributed by atoms with Crippen molar-refractivity contribution in [3.8, 4) is 16.9 Å². The largest absolute Gasteiger partial charge is 0.496 e. The molecule has 0 radical (unpaired) electrons. The maximum atomic E-state index is 13.2. The van der Waals surface area contributed by atoms with Crippen LogP contribution in [0.25, 0.3) is 11.1 Å². The fourth-order valence-corrected chi connectivity index (χ4v) is 1.82. The summed E-state index contributed by atoms with van der Waals surface area (Å²) in [5, 5.41) is 9.17. The summed E-state index contributed by atoms with van der Waals surface area (Å²) in [4.78, 5) is 11.2. The highest BCUT2D eigenvalue weighted by Crippen LogP contribution is 2.33. The molecule has 0 spiro atoms. The molecular formula is C14H11FO3.